The second-order valence-corrected chi connectivity index (χ2v) is 10.5. The number of aliphatic carboxylic acids is 2. The molecule has 0 spiro atoms. The number of thiophene rings is 2. The lowest BCUT2D eigenvalue weighted by Gasteiger charge is -1.89. The molecule has 2 saturated carbocycles. The number of carboxylic acid groups (broad SMARTS) is 2. The first-order valence-corrected chi connectivity index (χ1v) is 10.6. The minimum absolute atomic E-state index is 0.133. The predicted molar refractivity (Wildman–Crippen MR) is 101 cm³/mol. The van der Waals surface area contributed by atoms with Gasteiger partial charge in [0.05, 0.1) is 19.4 Å². The van der Waals surface area contributed by atoms with E-state index in [4.69, 9.17) is 10.2 Å². The van der Waals surface area contributed by atoms with E-state index >= 15 is 0 Å². The Hall–Kier alpha value is -0.700. The van der Waals surface area contributed by atoms with Crippen LogP contribution in [-0.4, -0.2) is 22.2 Å². The van der Waals surface area contributed by atoms with Crippen LogP contribution in [0.2, 0.25) is 0 Å². The molecule has 4 rings (SSSR count). The van der Waals surface area contributed by atoms with Gasteiger partial charge in [-0.15, -0.1) is 22.7 Å². The normalized spacial score (nSPS) is 27.1. The van der Waals surface area contributed by atoms with Crippen LogP contribution >= 0.6 is 54.5 Å². The van der Waals surface area contributed by atoms with Gasteiger partial charge in [0, 0.05) is 0 Å². The minimum Gasteiger partial charge on any atom is -0.481 e. The first-order valence-electron chi connectivity index (χ1n) is 7.30. The summed E-state index contributed by atoms with van der Waals surface area (Å²) in [5.41, 5.74) is 2.33. The van der Waals surface area contributed by atoms with Crippen LogP contribution in [0.3, 0.4) is 0 Å². The molecule has 4 atom stereocenters. The van der Waals surface area contributed by atoms with E-state index in [1.807, 2.05) is 22.9 Å². The maximum Gasteiger partial charge on any atom is 0.307 e. The smallest absolute Gasteiger partial charge is 0.307 e. The first kappa shape index (κ1) is 18.1. The monoisotopic (exact) mass is 492 g/mol. The molecule has 2 aliphatic carbocycles. The summed E-state index contributed by atoms with van der Waals surface area (Å²) in [6.07, 6.45) is 1.61. The van der Waals surface area contributed by atoms with Gasteiger partial charge in [-0.05, 0) is 90.6 Å². The van der Waals surface area contributed by atoms with Gasteiger partial charge in [0.2, 0.25) is 0 Å². The Bertz CT molecular complexity index is 705. The van der Waals surface area contributed by atoms with Gasteiger partial charge < -0.3 is 10.2 Å². The van der Waals surface area contributed by atoms with E-state index in [0.717, 1.165) is 20.4 Å². The highest BCUT2D eigenvalue weighted by atomic mass is 79.9. The molecule has 24 heavy (non-hydrogen) atoms. The second-order valence-electron chi connectivity index (χ2n) is 5.94. The first-order chi connectivity index (χ1) is 11.4. The fourth-order valence-corrected chi connectivity index (χ4v) is 5.19. The standard InChI is InChI=1S/2C8H7BrO2S/c2*9-7-1-4(3-12-7)5-2-6(5)8(10)11/h2*1,3,5-6H,2H2,(H,10,11)/t2*5-,6+/m10/s1. The molecule has 2 aromatic rings. The van der Waals surface area contributed by atoms with Gasteiger partial charge in [0.15, 0.2) is 0 Å². The molecule has 2 fully saturated rings. The third kappa shape index (κ3) is 4.28. The average molecular weight is 494 g/mol. The summed E-state index contributed by atoms with van der Waals surface area (Å²) in [5, 5.41) is 21.4. The predicted octanol–water partition coefficient (Wildman–Crippen LogP) is 5.40. The SMILES string of the molecule is O=C(O)[C@@H]1C[C@H]1c1csc(Br)c1.O=C(O)[C@H]1C[C@@H]1c1csc(Br)c1. The highest BCUT2D eigenvalue weighted by molar-refractivity contribution is 9.11. The lowest BCUT2D eigenvalue weighted by molar-refractivity contribution is -0.139. The van der Waals surface area contributed by atoms with Crippen LogP contribution in [0.4, 0.5) is 0 Å². The topological polar surface area (TPSA) is 74.6 Å². The fourth-order valence-electron chi connectivity index (χ4n) is 2.71. The molecule has 0 aromatic carbocycles. The van der Waals surface area contributed by atoms with E-state index in [1.165, 1.54) is 11.1 Å². The minimum atomic E-state index is -0.665. The number of rotatable bonds is 4. The maximum atomic E-state index is 10.5. The Morgan fingerprint density at radius 3 is 1.46 bits per heavy atom. The van der Waals surface area contributed by atoms with Gasteiger partial charge in [-0.1, -0.05) is 0 Å². The van der Waals surface area contributed by atoms with E-state index in [2.05, 4.69) is 31.9 Å². The molecular formula is C16H14Br2O4S2. The summed E-state index contributed by atoms with van der Waals surface area (Å²) in [6, 6.07) is 4.02. The molecule has 0 saturated heterocycles. The highest BCUT2D eigenvalue weighted by Gasteiger charge is 2.45. The fraction of sp³-hybridized carbons (Fsp3) is 0.375. The number of hydrogen-bond donors (Lipinski definition) is 2. The summed E-state index contributed by atoms with van der Waals surface area (Å²) >= 11 is 9.93. The van der Waals surface area contributed by atoms with Gasteiger partial charge in [-0.2, -0.15) is 0 Å². The summed E-state index contributed by atoms with van der Waals surface area (Å²) < 4.78 is 2.15. The lowest BCUT2D eigenvalue weighted by Crippen LogP contribution is -1.98. The van der Waals surface area contributed by atoms with Crippen molar-refractivity contribution in [3.8, 4) is 0 Å². The van der Waals surface area contributed by atoms with Crippen molar-refractivity contribution < 1.29 is 19.8 Å². The van der Waals surface area contributed by atoms with Crippen LogP contribution < -0.4 is 0 Å². The Kier molecular flexibility index (Phi) is 5.48. The molecule has 2 N–H and O–H groups in total. The Labute approximate surface area is 163 Å². The molecule has 2 aromatic heterocycles. The number of carbonyl (C=O) groups is 2. The van der Waals surface area contributed by atoms with Gasteiger partial charge >= 0.3 is 11.9 Å². The van der Waals surface area contributed by atoms with Gasteiger partial charge in [-0.3, -0.25) is 9.59 Å². The molecule has 8 heteroatoms. The van der Waals surface area contributed by atoms with Crippen molar-refractivity contribution in [1.82, 2.24) is 0 Å². The molecule has 0 bridgehead atoms. The molecule has 0 amide bonds. The van der Waals surface area contributed by atoms with Gasteiger partial charge in [0.1, 0.15) is 0 Å². The van der Waals surface area contributed by atoms with E-state index in [-0.39, 0.29) is 23.7 Å². The number of hydrogen-bond acceptors (Lipinski definition) is 4. The molecular weight excluding hydrogens is 480 g/mol. The van der Waals surface area contributed by atoms with Crippen LogP contribution in [-0.2, 0) is 9.59 Å². The largest absolute Gasteiger partial charge is 0.481 e. The zero-order valence-corrected chi connectivity index (χ0v) is 17.1. The van der Waals surface area contributed by atoms with Crippen molar-refractivity contribution in [2.24, 2.45) is 11.8 Å². The third-order valence-corrected chi connectivity index (χ3v) is 7.29. The summed E-state index contributed by atoms with van der Waals surface area (Å²) in [6.45, 7) is 0. The van der Waals surface area contributed by atoms with Crippen LogP contribution in [0.1, 0.15) is 35.8 Å². The van der Waals surface area contributed by atoms with Crippen molar-refractivity contribution in [1.29, 1.82) is 0 Å². The highest BCUT2D eigenvalue weighted by Crippen LogP contribution is 2.49. The summed E-state index contributed by atoms with van der Waals surface area (Å²) in [4.78, 5) is 21.1. The lowest BCUT2D eigenvalue weighted by atomic mass is 10.2. The molecule has 4 nitrogen and oxygen atoms in total. The number of carboxylic acids is 2. The molecule has 128 valence electrons. The van der Waals surface area contributed by atoms with Crippen molar-refractivity contribution in [3.63, 3.8) is 0 Å². The van der Waals surface area contributed by atoms with Crippen molar-refractivity contribution in [2.45, 2.75) is 24.7 Å². The van der Waals surface area contributed by atoms with Crippen LogP contribution in [0, 0.1) is 11.8 Å². The van der Waals surface area contributed by atoms with E-state index in [0.29, 0.717) is 0 Å². The van der Waals surface area contributed by atoms with E-state index in [1.54, 1.807) is 22.7 Å². The zero-order valence-electron chi connectivity index (χ0n) is 12.3. The zero-order chi connectivity index (χ0) is 17.4. The summed E-state index contributed by atoms with van der Waals surface area (Å²) in [5.74, 6) is -1.06. The van der Waals surface area contributed by atoms with Crippen molar-refractivity contribution >= 4 is 66.5 Å². The van der Waals surface area contributed by atoms with Crippen molar-refractivity contribution in [3.05, 3.63) is 41.6 Å². The summed E-state index contributed by atoms with van der Waals surface area (Å²) in [7, 11) is 0. The molecule has 2 heterocycles. The van der Waals surface area contributed by atoms with E-state index < -0.39 is 11.9 Å². The Balaban J connectivity index is 0.000000141. The quantitative estimate of drug-likeness (QED) is 0.598. The van der Waals surface area contributed by atoms with Crippen molar-refractivity contribution in [2.75, 3.05) is 0 Å². The second kappa shape index (κ2) is 7.27. The van der Waals surface area contributed by atoms with Gasteiger partial charge in [0.25, 0.3) is 0 Å². The van der Waals surface area contributed by atoms with Crippen LogP contribution in [0.25, 0.3) is 0 Å². The average Bonchev–Trinajstić information content (AvgIpc) is 3.41. The van der Waals surface area contributed by atoms with Crippen LogP contribution in [0.15, 0.2) is 30.5 Å². The maximum absolute atomic E-state index is 10.5. The van der Waals surface area contributed by atoms with Crippen LogP contribution in [0.5, 0.6) is 0 Å². The number of halogens is 2. The molecule has 0 aliphatic heterocycles. The Morgan fingerprint density at radius 1 is 0.875 bits per heavy atom. The molecule has 0 unspecified atom stereocenters. The molecule has 0 radical (unpaired) electrons. The molecule has 2 aliphatic rings. The van der Waals surface area contributed by atoms with E-state index in [9.17, 15) is 9.59 Å². The van der Waals surface area contributed by atoms with Gasteiger partial charge in [-0.25, -0.2) is 0 Å². The Morgan fingerprint density at radius 2 is 1.25 bits per heavy atom. The third-order valence-electron chi connectivity index (χ3n) is 4.25.